The highest BCUT2D eigenvalue weighted by Crippen LogP contribution is 2.45. The summed E-state index contributed by atoms with van der Waals surface area (Å²) < 4.78 is 35.0. The van der Waals surface area contributed by atoms with Crippen LogP contribution >= 0.6 is 0 Å². The average molecular weight is 428 g/mol. The molecule has 0 saturated carbocycles. The minimum absolute atomic E-state index is 0.00403. The summed E-state index contributed by atoms with van der Waals surface area (Å²) in [6.45, 7) is 12.8. The van der Waals surface area contributed by atoms with Crippen molar-refractivity contribution in [3.63, 3.8) is 0 Å². The second-order valence-corrected chi connectivity index (χ2v) is 10.0. The molecule has 0 amide bonds. The molecule has 0 bridgehead atoms. The molecule has 2 aromatic carbocycles. The summed E-state index contributed by atoms with van der Waals surface area (Å²) >= 11 is 0. The number of rotatable bonds is 7. The fourth-order valence-electron chi connectivity index (χ4n) is 4.83. The molecule has 0 unspecified atom stereocenters. The van der Waals surface area contributed by atoms with Crippen molar-refractivity contribution in [2.45, 2.75) is 77.0 Å². The van der Waals surface area contributed by atoms with Crippen LogP contribution in [0.4, 0.5) is 8.78 Å². The summed E-state index contributed by atoms with van der Waals surface area (Å²) in [6.07, 6.45) is 4.96. The number of piperidine rings is 1. The number of nitrogens with zero attached hydrogens (tertiary/aromatic N) is 1. The summed E-state index contributed by atoms with van der Waals surface area (Å²) in [5, 5.41) is 0. The van der Waals surface area contributed by atoms with E-state index in [0.717, 1.165) is 30.4 Å². The Hall–Kier alpha value is -2.20. The van der Waals surface area contributed by atoms with Crippen molar-refractivity contribution < 1.29 is 13.5 Å². The molecule has 1 aliphatic heterocycles. The quantitative estimate of drug-likeness (QED) is 0.440. The lowest BCUT2D eigenvalue weighted by Crippen LogP contribution is -2.58. The molecule has 0 spiro atoms. The van der Waals surface area contributed by atoms with Gasteiger partial charge < -0.3 is 4.74 Å². The van der Waals surface area contributed by atoms with Gasteiger partial charge >= 0.3 is 0 Å². The summed E-state index contributed by atoms with van der Waals surface area (Å²) in [5.41, 5.74) is 2.14. The SMILES string of the molecule is C=CCCc1ccc(COc2ccc(C3CC(C)(C)N(C)C(C)(C)C3)c(F)c2)cc1F. The highest BCUT2D eigenvalue weighted by atomic mass is 19.1. The fraction of sp³-hybridized carbons (Fsp3) is 0.481. The first kappa shape index (κ1) is 23.5. The van der Waals surface area contributed by atoms with Crippen molar-refractivity contribution >= 4 is 0 Å². The lowest BCUT2D eigenvalue weighted by molar-refractivity contribution is -0.0133. The maximum absolute atomic E-state index is 15.0. The van der Waals surface area contributed by atoms with Crippen LogP contribution in [0.5, 0.6) is 5.75 Å². The Labute approximate surface area is 185 Å². The van der Waals surface area contributed by atoms with Gasteiger partial charge in [-0.15, -0.1) is 6.58 Å². The Morgan fingerprint density at radius 1 is 1.03 bits per heavy atom. The van der Waals surface area contributed by atoms with Gasteiger partial charge in [0.2, 0.25) is 0 Å². The zero-order valence-corrected chi connectivity index (χ0v) is 19.5. The van der Waals surface area contributed by atoms with Crippen LogP contribution in [0.3, 0.4) is 0 Å². The van der Waals surface area contributed by atoms with E-state index in [1.165, 1.54) is 12.1 Å². The molecular formula is C27H35F2NO. The third-order valence-corrected chi connectivity index (χ3v) is 6.86. The van der Waals surface area contributed by atoms with E-state index in [1.54, 1.807) is 12.1 Å². The monoisotopic (exact) mass is 427 g/mol. The van der Waals surface area contributed by atoms with Crippen molar-refractivity contribution in [2.24, 2.45) is 0 Å². The van der Waals surface area contributed by atoms with Crippen LogP contribution in [0, 0.1) is 11.6 Å². The van der Waals surface area contributed by atoms with E-state index in [-0.39, 0.29) is 35.2 Å². The van der Waals surface area contributed by atoms with Crippen LogP contribution in [0.25, 0.3) is 0 Å². The van der Waals surface area contributed by atoms with E-state index < -0.39 is 0 Å². The fourth-order valence-corrected chi connectivity index (χ4v) is 4.83. The molecule has 1 saturated heterocycles. The van der Waals surface area contributed by atoms with Crippen molar-refractivity contribution in [1.82, 2.24) is 4.90 Å². The van der Waals surface area contributed by atoms with E-state index in [4.69, 9.17) is 4.74 Å². The van der Waals surface area contributed by atoms with E-state index in [0.29, 0.717) is 17.7 Å². The van der Waals surface area contributed by atoms with Gasteiger partial charge in [0, 0.05) is 17.1 Å². The predicted octanol–water partition coefficient (Wildman–Crippen LogP) is 7.03. The average Bonchev–Trinajstić information content (AvgIpc) is 2.69. The Morgan fingerprint density at radius 2 is 1.71 bits per heavy atom. The van der Waals surface area contributed by atoms with Crippen molar-refractivity contribution in [3.8, 4) is 5.75 Å². The standard InChI is InChI=1S/C27H35F2NO/c1-7-8-9-20-11-10-19(14-24(20)28)18-31-22-12-13-23(25(29)15-22)21-16-26(2,3)30(6)27(4,5)17-21/h7,10-15,21H,1,8-9,16-18H2,2-6H3. The molecule has 4 heteroatoms. The molecule has 0 radical (unpaired) electrons. The van der Waals surface area contributed by atoms with Crippen LogP contribution in [-0.2, 0) is 13.0 Å². The van der Waals surface area contributed by atoms with E-state index in [9.17, 15) is 4.39 Å². The summed E-state index contributed by atoms with van der Waals surface area (Å²) in [6, 6.07) is 10.3. The molecule has 1 heterocycles. The molecule has 1 aliphatic rings. The number of aryl methyl sites for hydroxylation is 1. The Kier molecular flexibility index (Phi) is 6.90. The predicted molar refractivity (Wildman–Crippen MR) is 124 cm³/mol. The minimum atomic E-state index is -0.239. The number of hydrogen-bond acceptors (Lipinski definition) is 2. The minimum Gasteiger partial charge on any atom is -0.489 e. The zero-order valence-electron chi connectivity index (χ0n) is 19.5. The number of benzene rings is 2. The second kappa shape index (κ2) is 9.12. The molecule has 0 N–H and O–H groups in total. The molecule has 3 rings (SSSR count). The molecule has 168 valence electrons. The smallest absolute Gasteiger partial charge is 0.130 e. The number of likely N-dealkylation sites (tertiary alicyclic amines) is 1. The van der Waals surface area contributed by atoms with Gasteiger partial charge in [0.1, 0.15) is 24.0 Å². The maximum Gasteiger partial charge on any atom is 0.130 e. The van der Waals surface area contributed by atoms with Crippen LogP contribution in [-0.4, -0.2) is 23.0 Å². The number of allylic oxidation sites excluding steroid dienone is 1. The van der Waals surface area contributed by atoms with Gasteiger partial charge in [-0.3, -0.25) is 4.90 Å². The first-order chi connectivity index (χ1) is 14.5. The lowest BCUT2D eigenvalue weighted by atomic mass is 9.71. The van der Waals surface area contributed by atoms with Gasteiger partial charge in [-0.05, 0) is 95.2 Å². The molecule has 0 aromatic heterocycles. The summed E-state index contributed by atoms with van der Waals surface area (Å²) in [5.74, 6) is 0.151. The topological polar surface area (TPSA) is 12.5 Å². The van der Waals surface area contributed by atoms with Crippen LogP contribution in [0.15, 0.2) is 49.1 Å². The molecule has 2 aromatic rings. The van der Waals surface area contributed by atoms with Gasteiger partial charge in [0.15, 0.2) is 0 Å². The van der Waals surface area contributed by atoms with E-state index in [2.05, 4.69) is 46.2 Å². The molecule has 0 aliphatic carbocycles. The van der Waals surface area contributed by atoms with E-state index >= 15 is 4.39 Å². The Bertz CT molecular complexity index is 917. The normalized spacial score (nSPS) is 18.7. The van der Waals surface area contributed by atoms with Crippen LogP contribution in [0.2, 0.25) is 0 Å². The first-order valence-electron chi connectivity index (χ1n) is 11.1. The third-order valence-electron chi connectivity index (χ3n) is 6.86. The van der Waals surface area contributed by atoms with Crippen molar-refractivity contribution in [2.75, 3.05) is 7.05 Å². The number of hydrogen-bond donors (Lipinski definition) is 0. The van der Waals surface area contributed by atoms with Gasteiger partial charge in [0.05, 0.1) is 0 Å². The molecule has 31 heavy (non-hydrogen) atoms. The number of halogens is 2. The molecule has 1 fully saturated rings. The zero-order chi connectivity index (χ0) is 22.8. The lowest BCUT2D eigenvalue weighted by Gasteiger charge is -2.53. The van der Waals surface area contributed by atoms with Crippen molar-refractivity contribution in [1.29, 1.82) is 0 Å². The summed E-state index contributed by atoms with van der Waals surface area (Å²) in [7, 11) is 2.15. The van der Waals surface area contributed by atoms with Gasteiger partial charge in [-0.25, -0.2) is 8.78 Å². The molecule has 2 nitrogen and oxygen atoms in total. The van der Waals surface area contributed by atoms with E-state index in [1.807, 2.05) is 18.2 Å². The highest BCUT2D eigenvalue weighted by molar-refractivity contribution is 5.33. The van der Waals surface area contributed by atoms with Crippen LogP contribution < -0.4 is 4.74 Å². The maximum atomic E-state index is 15.0. The second-order valence-electron chi connectivity index (χ2n) is 10.0. The number of ether oxygens (including phenoxy) is 1. The highest BCUT2D eigenvalue weighted by Gasteiger charge is 2.43. The van der Waals surface area contributed by atoms with Gasteiger partial charge in [-0.2, -0.15) is 0 Å². The Morgan fingerprint density at radius 3 is 2.29 bits per heavy atom. The van der Waals surface area contributed by atoms with Gasteiger partial charge in [-0.1, -0.05) is 24.3 Å². The van der Waals surface area contributed by atoms with Gasteiger partial charge in [0.25, 0.3) is 0 Å². The largest absolute Gasteiger partial charge is 0.489 e. The first-order valence-corrected chi connectivity index (χ1v) is 11.1. The third kappa shape index (κ3) is 5.35. The molecule has 0 atom stereocenters. The van der Waals surface area contributed by atoms with Crippen molar-refractivity contribution in [3.05, 3.63) is 77.4 Å². The Balaban J connectivity index is 1.69. The molecular weight excluding hydrogens is 392 g/mol. The summed E-state index contributed by atoms with van der Waals surface area (Å²) in [4.78, 5) is 2.40. The van der Waals surface area contributed by atoms with Crippen LogP contribution in [0.1, 0.15) is 69.6 Å².